The maximum atomic E-state index is 13.0. The number of aryl methyl sites for hydroxylation is 2. The molecule has 0 bridgehead atoms. The van der Waals surface area contributed by atoms with E-state index < -0.39 is 17.7 Å². The Morgan fingerprint density at radius 3 is 2.52 bits per heavy atom. The highest BCUT2D eigenvalue weighted by Gasteiger charge is 2.27. The first kappa shape index (κ1) is 24.6. The summed E-state index contributed by atoms with van der Waals surface area (Å²) in [6.45, 7) is 5.94. The summed E-state index contributed by atoms with van der Waals surface area (Å²) < 4.78 is 11.2. The van der Waals surface area contributed by atoms with E-state index in [-0.39, 0.29) is 19.1 Å². The van der Waals surface area contributed by atoms with Crippen LogP contribution in [0.25, 0.3) is 0 Å². The molecule has 0 fully saturated rings. The van der Waals surface area contributed by atoms with Crippen LogP contribution in [-0.4, -0.2) is 43.5 Å². The Bertz CT molecular complexity index is 968. The summed E-state index contributed by atoms with van der Waals surface area (Å²) in [5.74, 6) is -1.73. The summed E-state index contributed by atoms with van der Waals surface area (Å²) in [6, 6.07) is 12.2. The number of amides is 2. The highest BCUT2D eigenvalue weighted by Crippen LogP contribution is 2.13. The Hall–Kier alpha value is -3.03. The third kappa shape index (κ3) is 7.51. The molecule has 0 radical (unpaired) electrons. The van der Waals surface area contributed by atoms with Crippen molar-refractivity contribution in [2.45, 2.75) is 52.3 Å². The maximum absolute atomic E-state index is 13.0. The lowest BCUT2D eigenvalue weighted by molar-refractivity contribution is -0.139. The quantitative estimate of drug-likeness (QED) is 0.696. The number of carbonyl (C=O) groups is 3. The average Bonchev–Trinajstić information content (AvgIpc) is 2.79. The van der Waals surface area contributed by atoms with Crippen molar-refractivity contribution in [3.05, 3.63) is 70.3 Å². The van der Waals surface area contributed by atoms with Crippen LogP contribution in [0.4, 0.5) is 0 Å². The minimum Gasteiger partial charge on any atom is -0.379 e. The van der Waals surface area contributed by atoms with Crippen molar-refractivity contribution in [2.24, 2.45) is 0 Å². The predicted octanol–water partition coefficient (Wildman–Crippen LogP) is 3.00. The highest BCUT2D eigenvalue weighted by atomic mass is 16.5. The number of hydrogen-bond acceptors (Lipinski definition) is 5. The van der Waals surface area contributed by atoms with E-state index in [1.807, 2.05) is 44.2 Å². The first-order chi connectivity index (χ1) is 15.9. The van der Waals surface area contributed by atoms with Gasteiger partial charge in [-0.15, -0.1) is 0 Å². The average molecular weight is 453 g/mol. The molecule has 0 aliphatic carbocycles. The minimum atomic E-state index is -0.909. The maximum Gasteiger partial charge on any atom is 0.289 e. The lowest BCUT2D eigenvalue weighted by Crippen LogP contribution is -2.47. The molecule has 1 heterocycles. The number of nitrogens with one attached hydrogen (secondary N) is 2. The van der Waals surface area contributed by atoms with Gasteiger partial charge in [0, 0.05) is 18.7 Å². The van der Waals surface area contributed by atoms with Crippen LogP contribution in [0.3, 0.4) is 0 Å². The van der Waals surface area contributed by atoms with Gasteiger partial charge in [0.25, 0.3) is 11.8 Å². The van der Waals surface area contributed by atoms with E-state index in [2.05, 4.69) is 10.6 Å². The van der Waals surface area contributed by atoms with Gasteiger partial charge in [-0.3, -0.25) is 14.4 Å². The van der Waals surface area contributed by atoms with Gasteiger partial charge in [-0.2, -0.15) is 0 Å². The van der Waals surface area contributed by atoms with Gasteiger partial charge in [0.15, 0.2) is 0 Å². The van der Waals surface area contributed by atoms with E-state index in [0.29, 0.717) is 38.2 Å². The molecular formula is C26H32N2O5. The molecule has 2 N–H and O–H groups in total. The number of fused-ring (bicyclic) bond motifs is 1. The second-order valence-corrected chi connectivity index (χ2v) is 8.39. The Kier molecular flexibility index (Phi) is 9.15. The summed E-state index contributed by atoms with van der Waals surface area (Å²) in [4.78, 5) is 38.6. The summed E-state index contributed by atoms with van der Waals surface area (Å²) >= 11 is 0. The van der Waals surface area contributed by atoms with Crippen LogP contribution in [0.2, 0.25) is 0 Å². The first-order valence-electron chi connectivity index (χ1n) is 11.4. The number of ether oxygens (including phenoxy) is 2. The molecule has 0 spiro atoms. The van der Waals surface area contributed by atoms with Gasteiger partial charge in [0.1, 0.15) is 0 Å². The fraction of sp³-hybridized carbons (Fsp3) is 0.423. The monoisotopic (exact) mass is 452 g/mol. The van der Waals surface area contributed by atoms with Gasteiger partial charge in [0.05, 0.1) is 25.9 Å². The fourth-order valence-corrected chi connectivity index (χ4v) is 3.93. The SMILES string of the molecule is Cc1cc(C)cc(CNC(=O)C(=O)C2CCCCOCCOCc3ccccc3C(=O)N2)c1. The first-order valence-corrected chi connectivity index (χ1v) is 11.4. The van der Waals surface area contributed by atoms with Crippen LogP contribution >= 0.6 is 0 Å². The lowest BCUT2D eigenvalue weighted by atomic mass is 10.0. The molecule has 0 saturated carbocycles. The smallest absolute Gasteiger partial charge is 0.289 e. The fourth-order valence-electron chi connectivity index (χ4n) is 3.93. The molecule has 3 rings (SSSR count). The molecule has 7 nitrogen and oxygen atoms in total. The zero-order valence-corrected chi connectivity index (χ0v) is 19.3. The van der Waals surface area contributed by atoms with Gasteiger partial charge in [0.2, 0.25) is 5.78 Å². The lowest BCUT2D eigenvalue weighted by Gasteiger charge is -2.19. The predicted molar refractivity (Wildman–Crippen MR) is 125 cm³/mol. The van der Waals surface area contributed by atoms with Crippen LogP contribution in [0, 0.1) is 13.8 Å². The zero-order chi connectivity index (χ0) is 23.6. The molecule has 2 aromatic carbocycles. The van der Waals surface area contributed by atoms with E-state index >= 15 is 0 Å². The molecule has 1 atom stereocenters. The molecule has 7 heteroatoms. The van der Waals surface area contributed by atoms with E-state index in [4.69, 9.17) is 9.47 Å². The molecule has 1 unspecified atom stereocenters. The van der Waals surface area contributed by atoms with Gasteiger partial charge >= 0.3 is 0 Å². The van der Waals surface area contributed by atoms with E-state index in [1.54, 1.807) is 12.1 Å². The van der Waals surface area contributed by atoms with Crippen LogP contribution in [0.5, 0.6) is 0 Å². The Balaban J connectivity index is 1.71. The van der Waals surface area contributed by atoms with Gasteiger partial charge in [-0.1, -0.05) is 47.5 Å². The number of ketones is 1. The Morgan fingerprint density at radius 1 is 1.00 bits per heavy atom. The molecule has 33 heavy (non-hydrogen) atoms. The van der Waals surface area contributed by atoms with Crippen molar-refractivity contribution >= 4 is 17.6 Å². The standard InChI is InChI=1S/C26H32N2O5/c1-18-13-19(2)15-20(14-18)16-27-26(31)24(29)23-9-5-6-10-32-11-12-33-17-21-7-3-4-8-22(21)25(30)28-23/h3-4,7-8,13-15,23H,5-6,9-12,16-17H2,1-2H3,(H,27,31)(H,28,30). The largest absolute Gasteiger partial charge is 0.379 e. The van der Waals surface area contributed by atoms with Crippen molar-refractivity contribution in [2.75, 3.05) is 19.8 Å². The summed E-state index contributed by atoms with van der Waals surface area (Å²) in [5, 5.41) is 5.48. The second-order valence-electron chi connectivity index (χ2n) is 8.39. The second kappa shape index (κ2) is 12.3. The molecule has 0 aromatic heterocycles. The summed E-state index contributed by atoms with van der Waals surface area (Å²) in [7, 11) is 0. The van der Waals surface area contributed by atoms with E-state index in [1.165, 1.54) is 0 Å². The third-order valence-corrected chi connectivity index (χ3v) is 5.50. The molecular weight excluding hydrogens is 420 g/mol. The molecule has 2 amide bonds. The molecule has 176 valence electrons. The topological polar surface area (TPSA) is 93.7 Å². The van der Waals surface area contributed by atoms with Crippen LogP contribution in [-0.2, 0) is 32.2 Å². The van der Waals surface area contributed by atoms with Crippen LogP contribution in [0.1, 0.15) is 51.9 Å². The number of benzene rings is 2. The summed E-state index contributed by atoms with van der Waals surface area (Å²) in [6.07, 6.45) is 1.73. The zero-order valence-electron chi connectivity index (χ0n) is 19.3. The molecule has 1 aliphatic heterocycles. The molecule has 0 saturated heterocycles. The van der Waals surface area contributed by atoms with Crippen LogP contribution < -0.4 is 10.6 Å². The number of carbonyl (C=O) groups excluding carboxylic acids is 3. The number of hydrogen-bond donors (Lipinski definition) is 2. The van der Waals surface area contributed by atoms with Crippen molar-refractivity contribution in [3.63, 3.8) is 0 Å². The highest BCUT2D eigenvalue weighted by molar-refractivity contribution is 6.38. The van der Waals surface area contributed by atoms with E-state index in [0.717, 1.165) is 28.7 Å². The van der Waals surface area contributed by atoms with Crippen molar-refractivity contribution in [3.8, 4) is 0 Å². The van der Waals surface area contributed by atoms with Crippen molar-refractivity contribution in [1.82, 2.24) is 10.6 Å². The minimum absolute atomic E-state index is 0.252. The van der Waals surface area contributed by atoms with Gasteiger partial charge in [-0.05, 0) is 50.3 Å². The normalized spacial score (nSPS) is 17.9. The number of rotatable bonds is 4. The molecule has 2 aromatic rings. The van der Waals surface area contributed by atoms with Gasteiger partial charge in [-0.25, -0.2) is 0 Å². The third-order valence-electron chi connectivity index (χ3n) is 5.50. The van der Waals surface area contributed by atoms with Crippen LogP contribution in [0.15, 0.2) is 42.5 Å². The Morgan fingerprint density at radius 2 is 1.73 bits per heavy atom. The molecule has 1 aliphatic rings. The van der Waals surface area contributed by atoms with Crippen molar-refractivity contribution in [1.29, 1.82) is 0 Å². The number of Topliss-reactive ketones (excluding diaryl/α,β-unsaturated/α-hetero) is 1. The van der Waals surface area contributed by atoms with Gasteiger partial charge < -0.3 is 20.1 Å². The van der Waals surface area contributed by atoms with E-state index in [9.17, 15) is 14.4 Å². The Labute approximate surface area is 194 Å². The summed E-state index contributed by atoms with van der Waals surface area (Å²) in [5.41, 5.74) is 4.26. The van der Waals surface area contributed by atoms with Crippen molar-refractivity contribution < 1.29 is 23.9 Å².